The van der Waals surface area contributed by atoms with Crippen LogP contribution < -0.4 is 4.74 Å². The minimum Gasteiger partial charge on any atom is -0.493 e. The number of thiophene rings is 2. The van der Waals surface area contributed by atoms with Crippen LogP contribution in [0.4, 0.5) is 0 Å². The van der Waals surface area contributed by atoms with E-state index in [0.717, 1.165) is 4.88 Å². The zero-order chi connectivity index (χ0) is 15.5. The van der Waals surface area contributed by atoms with Crippen molar-refractivity contribution in [1.29, 1.82) is 0 Å². The van der Waals surface area contributed by atoms with Gasteiger partial charge in [-0.1, -0.05) is 17.7 Å². The van der Waals surface area contributed by atoms with Crippen molar-refractivity contribution >= 4 is 52.3 Å². The Hall–Kier alpha value is -1.89. The molecule has 0 aromatic carbocycles. The zero-order valence-electron chi connectivity index (χ0n) is 11.5. The van der Waals surface area contributed by atoms with Gasteiger partial charge in [0.05, 0.1) is 18.4 Å². The highest BCUT2D eigenvalue weighted by molar-refractivity contribution is 7.15. The Labute approximate surface area is 140 Å². The van der Waals surface area contributed by atoms with E-state index in [4.69, 9.17) is 16.3 Å². The van der Waals surface area contributed by atoms with Gasteiger partial charge in [-0.05, 0) is 29.7 Å². The second kappa shape index (κ2) is 6.48. The van der Waals surface area contributed by atoms with Crippen molar-refractivity contribution < 1.29 is 9.53 Å². The molecule has 0 saturated heterocycles. The maximum Gasteiger partial charge on any atom is 0.282 e. The van der Waals surface area contributed by atoms with Gasteiger partial charge in [0.25, 0.3) is 5.91 Å². The fraction of sp³-hybridized carbons (Fsp3) is 0.0667. The average Bonchev–Trinajstić information content (AvgIpc) is 3.25. The molecule has 0 fully saturated rings. The van der Waals surface area contributed by atoms with Crippen LogP contribution in [0.25, 0.3) is 12.2 Å². The monoisotopic (exact) mass is 350 g/mol. The van der Waals surface area contributed by atoms with Crippen LogP contribution in [0.5, 0.6) is 5.75 Å². The molecule has 0 bridgehead atoms. The molecule has 0 N–H and O–H groups in total. The van der Waals surface area contributed by atoms with E-state index >= 15 is 0 Å². The van der Waals surface area contributed by atoms with Crippen molar-refractivity contribution in [2.24, 2.45) is 0 Å². The van der Waals surface area contributed by atoms with E-state index in [-0.39, 0.29) is 5.91 Å². The fourth-order valence-corrected chi connectivity index (χ4v) is 3.54. The lowest BCUT2D eigenvalue weighted by atomic mass is 10.3. The average molecular weight is 351 g/mol. The first-order valence-corrected chi connectivity index (χ1v) is 8.45. The van der Waals surface area contributed by atoms with Crippen LogP contribution in [-0.4, -0.2) is 22.8 Å². The molecular formula is C15H11ClN2O2S2. The predicted octanol–water partition coefficient (Wildman–Crippen LogP) is 4.53. The highest BCUT2D eigenvalue weighted by atomic mass is 35.5. The number of halogens is 1. The Balaban J connectivity index is 1.82. The van der Waals surface area contributed by atoms with Crippen LogP contribution in [0.3, 0.4) is 0 Å². The van der Waals surface area contributed by atoms with Crippen molar-refractivity contribution in [2.75, 3.05) is 7.11 Å². The second-order valence-corrected chi connectivity index (χ2v) is 6.76. The SMILES string of the molecule is COc1c(C(=O)n2ccc(C=Cc3cccs3)n2)csc1Cl. The molecule has 7 heteroatoms. The highest BCUT2D eigenvalue weighted by Crippen LogP contribution is 2.35. The molecule has 3 rings (SSSR count). The van der Waals surface area contributed by atoms with E-state index in [2.05, 4.69) is 5.10 Å². The van der Waals surface area contributed by atoms with E-state index < -0.39 is 0 Å². The van der Waals surface area contributed by atoms with Gasteiger partial charge in [0, 0.05) is 16.5 Å². The minimum absolute atomic E-state index is 0.268. The van der Waals surface area contributed by atoms with Crippen LogP contribution in [0.15, 0.2) is 35.2 Å². The summed E-state index contributed by atoms with van der Waals surface area (Å²) in [5.41, 5.74) is 1.12. The molecular weight excluding hydrogens is 340 g/mol. The molecule has 0 saturated carbocycles. The van der Waals surface area contributed by atoms with Crippen molar-refractivity contribution in [3.63, 3.8) is 0 Å². The summed E-state index contributed by atoms with van der Waals surface area (Å²) in [7, 11) is 1.49. The third-order valence-electron chi connectivity index (χ3n) is 2.92. The van der Waals surface area contributed by atoms with Crippen LogP contribution in [0.2, 0.25) is 4.34 Å². The molecule has 0 atom stereocenters. The van der Waals surface area contributed by atoms with E-state index in [1.165, 1.54) is 23.1 Å². The third kappa shape index (κ3) is 2.99. The topological polar surface area (TPSA) is 44.1 Å². The van der Waals surface area contributed by atoms with Crippen LogP contribution >= 0.6 is 34.3 Å². The Kier molecular flexibility index (Phi) is 4.42. The number of nitrogens with zero attached hydrogens (tertiary/aromatic N) is 2. The summed E-state index contributed by atoms with van der Waals surface area (Å²) in [4.78, 5) is 13.6. The highest BCUT2D eigenvalue weighted by Gasteiger charge is 2.19. The number of ether oxygens (including phenoxy) is 1. The van der Waals surface area contributed by atoms with Gasteiger partial charge in [0.1, 0.15) is 4.34 Å². The smallest absolute Gasteiger partial charge is 0.282 e. The summed E-state index contributed by atoms with van der Waals surface area (Å²) in [5.74, 6) is 0.124. The van der Waals surface area contributed by atoms with Crippen molar-refractivity contribution in [3.8, 4) is 5.75 Å². The summed E-state index contributed by atoms with van der Waals surface area (Å²) in [6, 6.07) is 5.78. The first kappa shape index (κ1) is 15.0. The first-order valence-electron chi connectivity index (χ1n) is 6.32. The van der Waals surface area contributed by atoms with Gasteiger partial charge in [0.2, 0.25) is 0 Å². The molecule has 3 aromatic rings. The number of aromatic nitrogens is 2. The number of methoxy groups -OCH3 is 1. The fourth-order valence-electron chi connectivity index (χ4n) is 1.88. The number of carbonyl (C=O) groups is 1. The summed E-state index contributed by atoms with van der Waals surface area (Å²) < 4.78 is 6.91. The second-order valence-electron chi connectivity index (χ2n) is 4.30. The van der Waals surface area contributed by atoms with Gasteiger partial charge in [-0.15, -0.1) is 22.7 Å². The van der Waals surface area contributed by atoms with Gasteiger partial charge in [-0.2, -0.15) is 5.10 Å². The van der Waals surface area contributed by atoms with E-state index in [9.17, 15) is 4.79 Å². The Bertz CT molecular complexity index is 819. The molecule has 22 heavy (non-hydrogen) atoms. The summed E-state index contributed by atoms with van der Waals surface area (Å²) in [6.07, 6.45) is 5.46. The summed E-state index contributed by atoms with van der Waals surface area (Å²) >= 11 is 8.89. The Morgan fingerprint density at radius 1 is 1.36 bits per heavy atom. The lowest BCUT2D eigenvalue weighted by Gasteiger charge is -2.02. The predicted molar refractivity (Wildman–Crippen MR) is 91.1 cm³/mol. The standard InChI is InChI=1S/C15H11ClN2O2S2/c1-20-13-12(9-22-14(13)16)15(19)18-7-6-10(17-18)4-5-11-3-2-8-21-11/h2-9H,1H3. The quantitative estimate of drug-likeness (QED) is 0.694. The molecule has 3 aromatic heterocycles. The molecule has 0 aliphatic heterocycles. The molecule has 0 aliphatic carbocycles. The zero-order valence-corrected chi connectivity index (χ0v) is 13.9. The largest absolute Gasteiger partial charge is 0.493 e. The Morgan fingerprint density at radius 3 is 2.95 bits per heavy atom. The molecule has 3 heterocycles. The number of carbonyl (C=O) groups excluding carboxylic acids is 1. The van der Waals surface area contributed by atoms with Crippen molar-refractivity contribution in [2.45, 2.75) is 0 Å². The van der Waals surface area contributed by atoms with Crippen molar-refractivity contribution in [1.82, 2.24) is 9.78 Å². The molecule has 0 unspecified atom stereocenters. The normalized spacial score (nSPS) is 11.2. The maximum atomic E-state index is 12.4. The van der Waals surface area contributed by atoms with E-state index in [1.54, 1.807) is 29.0 Å². The number of hydrogen-bond donors (Lipinski definition) is 0. The van der Waals surface area contributed by atoms with E-state index in [1.807, 2.05) is 29.7 Å². The van der Waals surface area contributed by atoms with Gasteiger partial charge in [0.15, 0.2) is 5.75 Å². The van der Waals surface area contributed by atoms with Crippen molar-refractivity contribution in [3.05, 3.63) is 55.6 Å². The molecule has 112 valence electrons. The maximum absolute atomic E-state index is 12.4. The van der Waals surface area contributed by atoms with Crippen LogP contribution in [-0.2, 0) is 0 Å². The summed E-state index contributed by atoms with van der Waals surface area (Å²) in [6.45, 7) is 0. The minimum atomic E-state index is -0.268. The molecule has 0 spiro atoms. The van der Waals surface area contributed by atoms with Gasteiger partial charge in [-0.3, -0.25) is 4.79 Å². The first-order chi connectivity index (χ1) is 10.7. The van der Waals surface area contributed by atoms with Crippen LogP contribution in [0, 0.1) is 0 Å². The lowest BCUT2D eigenvalue weighted by molar-refractivity contribution is 0.0942. The molecule has 0 aliphatic rings. The third-order valence-corrected chi connectivity index (χ3v) is 4.94. The number of hydrogen-bond acceptors (Lipinski definition) is 5. The van der Waals surface area contributed by atoms with Crippen LogP contribution in [0.1, 0.15) is 20.9 Å². The van der Waals surface area contributed by atoms with Gasteiger partial charge in [-0.25, -0.2) is 4.68 Å². The van der Waals surface area contributed by atoms with Gasteiger partial charge < -0.3 is 4.74 Å². The van der Waals surface area contributed by atoms with E-state index in [0.29, 0.717) is 21.3 Å². The van der Waals surface area contributed by atoms with Gasteiger partial charge >= 0.3 is 0 Å². The summed E-state index contributed by atoms with van der Waals surface area (Å²) in [5, 5.41) is 7.94. The number of rotatable bonds is 4. The Morgan fingerprint density at radius 2 is 2.23 bits per heavy atom. The molecule has 4 nitrogen and oxygen atoms in total. The molecule has 0 amide bonds. The molecule has 0 radical (unpaired) electrons. The lowest BCUT2D eigenvalue weighted by Crippen LogP contribution is -2.12.